The maximum Gasteiger partial charge on any atom is 0.151 e. The van der Waals surface area contributed by atoms with Crippen molar-refractivity contribution in [1.82, 2.24) is 0 Å². The van der Waals surface area contributed by atoms with Crippen LogP contribution in [0, 0.1) is 11.3 Å². The van der Waals surface area contributed by atoms with E-state index in [1.165, 1.54) is 11.8 Å². The van der Waals surface area contributed by atoms with Crippen LogP contribution in [0.15, 0.2) is 0 Å². The highest BCUT2D eigenvalue weighted by molar-refractivity contribution is 8.13. The van der Waals surface area contributed by atoms with Gasteiger partial charge in [-0.05, 0) is 12.8 Å². The van der Waals surface area contributed by atoms with Crippen LogP contribution in [-0.4, -0.2) is 23.5 Å². The van der Waals surface area contributed by atoms with Crippen molar-refractivity contribution in [2.45, 2.75) is 12.8 Å². The summed E-state index contributed by atoms with van der Waals surface area (Å²) in [4.78, 5) is 20.3. The molecule has 0 aromatic rings. The molecule has 0 aromatic carbocycles. The zero-order valence-electron chi connectivity index (χ0n) is 6.66. The normalized spacial score (nSPS) is 9.75. The Balaban J connectivity index is 3.35. The van der Waals surface area contributed by atoms with Gasteiger partial charge >= 0.3 is 0 Å². The van der Waals surface area contributed by atoms with E-state index in [1.807, 2.05) is 0 Å². The first kappa shape index (κ1) is 11.2. The third kappa shape index (κ3) is 5.91. The molecule has 5 heteroatoms. The van der Waals surface area contributed by atoms with Crippen LogP contribution in [0.3, 0.4) is 0 Å². The van der Waals surface area contributed by atoms with Gasteiger partial charge in [0, 0.05) is 5.75 Å². The molecule has 0 aliphatic heterocycles. The molecule has 12 heavy (non-hydrogen) atoms. The lowest BCUT2D eigenvalue weighted by Gasteiger charge is -2.00. The van der Waals surface area contributed by atoms with Gasteiger partial charge in [-0.1, -0.05) is 11.8 Å². The summed E-state index contributed by atoms with van der Waals surface area (Å²) >= 11 is 1.22. The standard InChI is InChI=1S/C7H12N2O2S/c8-7(9)12-3-1-2-6(4-10)5-11/h4-6H,1-3H2,(H3,8,9). The number of rotatable bonds is 6. The fourth-order valence-electron chi connectivity index (χ4n) is 0.669. The lowest BCUT2D eigenvalue weighted by atomic mass is 10.1. The van der Waals surface area contributed by atoms with E-state index >= 15 is 0 Å². The van der Waals surface area contributed by atoms with E-state index in [-0.39, 0.29) is 5.17 Å². The van der Waals surface area contributed by atoms with Gasteiger partial charge in [-0.3, -0.25) is 5.41 Å². The highest BCUT2D eigenvalue weighted by Crippen LogP contribution is 2.06. The second-order valence-corrected chi connectivity index (χ2v) is 3.43. The maximum absolute atomic E-state index is 10.2. The number of nitrogens with one attached hydrogen (secondary N) is 1. The van der Waals surface area contributed by atoms with Gasteiger partial charge in [0.05, 0.1) is 5.92 Å². The molecule has 68 valence electrons. The predicted octanol–water partition coefficient (Wildman–Crippen LogP) is 0.407. The molecule has 4 nitrogen and oxygen atoms in total. The SMILES string of the molecule is N=C(N)SCCCC(C=O)C=O. The van der Waals surface area contributed by atoms with Gasteiger partial charge in [0.1, 0.15) is 12.6 Å². The maximum atomic E-state index is 10.2. The van der Waals surface area contributed by atoms with E-state index in [1.54, 1.807) is 0 Å². The second kappa shape index (κ2) is 6.84. The molecule has 0 fully saturated rings. The summed E-state index contributed by atoms with van der Waals surface area (Å²) in [7, 11) is 0. The Morgan fingerprint density at radius 1 is 1.50 bits per heavy atom. The molecule has 0 unspecified atom stereocenters. The molecule has 0 aliphatic carbocycles. The fraction of sp³-hybridized carbons (Fsp3) is 0.571. The monoisotopic (exact) mass is 188 g/mol. The van der Waals surface area contributed by atoms with Crippen molar-refractivity contribution in [3.8, 4) is 0 Å². The van der Waals surface area contributed by atoms with Gasteiger partial charge in [-0.25, -0.2) is 0 Å². The average molecular weight is 188 g/mol. The molecule has 0 amide bonds. The molecular formula is C7H12N2O2S. The summed E-state index contributed by atoms with van der Waals surface area (Å²) in [5.74, 6) is 0.200. The second-order valence-electron chi connectivity index (χ2n) is 2.29. The molecule has 0 aliphatic rings. The van der Waals surface area contributed by atoms with Crippen molar-refractivity contribution in [3.05, 3.63) is 0 Å². The summed E-state index contributed by atoms with van der Waals surface area (Å²) in [6.45, 7) is 0. The topological polar surface area (TPSA) is 84.0 Å². The molecule has 0 bridgehead atoms. The number of nitrogens with two attached hydrogens (primary N) is 1. The number of amidine groups is 1. The molecule has 0 radical (unpaired) electrons. The van der Waals surface area contributed by atoms with E-state index in [9.17, 15) is 9.59 Å². The molecule has 0 saturated carbocycles. The highest BCUT2D eigenvalue weighted by atomic mass is 32.2. The van der Waals surface area contributed by atoms with Gasteiger partial charge in [0.2, 0.25) is 0 Å². The van der Waals surface area contributed by atoms with Gasteiger partial charge in [0.15, 0.2) is 5.17 Å². The Hall–Kier alpha value is -0.840. The fourth-order valence-corrected chi connectivity index (χ4v) is 1.20. The molecule has 0 atom stereocenters. The van der Waals surface area contributed by atoms with Crippen molar-refractivity contribution < 1.29 is 9.59 Å². The van der Waals surface area contributed by atoms with Crippen LogP contribution < -0.4 is 5.73 Å². The molecule has 0 saturated heterocycles. The van der Waals surface area contributed by atoms with Crippen molar-refractivity contribution >= 4 is 29.5 Å². The summed E-state index contributed by atoms with van der Waals surface area (Å²) in [5, 5.41) is 6.94. The number of carbonyl (C=O) groups is 2. The Morgan fingerprint density at radius 2 is 2.08 bits per heavy atom. The largest absolute Gasteiger partial charge is 0.379 e. The zero-order valence-corrected chi connectivity index (χ0v) is 7.47. The minimum Gasteiger partial charge on any atom is -0.379 e. The summed E-state index contributed by atoms with van der Waals surface area (Å²) in [5.41, 5.74) is 5.08. The van der Waals surface area contributed by atoms with E-state index < -0.39 is 5.92 Å². The van der Waals surface area contributed by atoms with Crippen LogP contribution in [0.2, 0.25) is 0 Å². The lowest BCUT2D eigenvalue weighted by molar-refractivity contribution is -0.119. The molecule has 0 heterocycles. The molecule has 0 rings (SSSR count). The van der Waals surface area contributed by atoms with E-state index in [0.717, 1.165) is 6.42 Å². The smallest absolute Gasteiger partial charge is 0.151 e. The van der Waals surface area contributed by atoms with Crippen molar-refractivity contribution in [1.29, 1.82) is 5.41 Å². The number of aldehydes is 2. The summed E-state index contributed by atoms with van der Waals surface area (Å²) in [6, 6.07) is 0. The van der Waals surface area contributed by atoms with E-state index in [4.69, 9.17) is 11.1 Å². The van der Waals surface area contributed by atoms with E-state index in [0.29, 0.717) is 24.7 Å². The van der Waals surface area contributed by atoms with Gasteiger partial charge in [-0.15, -0.1) is 0 Å². The predicted molar refractivity (Wildman–Crippen MR) is 49.2 cm³/mol. The molecule has 0 aromatic heterocycles. The first-order chi connectivity index (χ1) is 5.70. The van der Waals surface area contributed by atoms with Crippen molar-refractivity contribution in [2.24, 2.45) is 11.7 Å². The minimum absolute atomic E-state index is 0.0729. The number of hydrogen-bond donors (Lipinski definition) is 2. The van der Waals surface area contributed by atoms with Crippen molar-refractivity contribution in [2.75, 3.05) is 5.75 Å². The minimum atomic E-state index is -0.488. The summed E-state index contributed by atoms with van der Waals surface area (Å²) in [6.07, 6.45) is 2.57. The Bertz CT molecular complexity index is 165. The lowest BCUT2D eigenvalue weighted by Crippen LogP contribution is -2.07. The van der Waals surface area contributed by atoms with Crippen LogP contribution >= 0.6 is 11.8 Å². The first-order valence-electron chi connectivity index (χ1n) is 3.58. The van der Waals surface area contributed by atoms with Gasteiger partial charge in [0.25, 0.3) is 0 Å². The van der Waals surface area contributed by atoms with Crippen LogP contribution in [0.25, 0.3) is 0 Å². The Labute approximate surface area is 75.4 Å². The van der Waals surface area contributed by atoms with Crippen LogP contribution in [-0.2, 0) is 9.59 Å². The van der Waals surface area contributed by atoms with Gasteiger partial charge in [-0.2, -0.15) is 0 Å². The summed E-state index contributed by atoms with van der Waals surface area (Å²) < 4.78 is 0. The average Bonchev–Trinajstić information content (AvgIpc) is 2.04. The zero-order chi connectivity index (χ0) is 9.40. The molecule has 0 spiro atoms. The van der Waals surface area contributed by atoms with Crippen LogP contribution in [0.5, 0.6) is 0 Å². The van der Waals surface area contributed by atoms with E-state index in [2.05, 4.69) is 0 Å². The highest BCUT2D eigenvalue weighted by Gasteiger charge is 2.04. The molecule has 3 N–H and O–H groups in total. The quantitative estimate of drug-likeness (QED) is 0.208. The van der Waals surface area contributed by atoms with Crippen LogP contribution in [0.1, 0.15) is 12.8 Å². The third-order valence-corrected chi connectivity index (χ3v) is 2.09. The number of thioether (sulfide) groups is 1. The van der Waals surface area contributed by atoms with Gasteiger partial charge < -0.3 is 15.3 Å². The molecular weight excluding hydrogens is 176 g/mol. The van der Waals surface area contributed by atoms with Crippen molar-refractivity contribution in [3.63, 3.8) is 0 Å². The first-order valence-corrected chi connectivity index (χ1v) is 4.56. The Morgan fingerprint density at radius 3 is 2.50 bits per heavy atom. The number of hydrogen-bond acceptors (Lipinski definition) is 4. The Kier molecular flexibility index (Phi) is 6.37. The third-order valence-electron chi connectivity index (χ3n) is 1.29. The number of carbonyl (C=O) groups excluding carboxylic acids is 2. The van der Waals surface area contributed by atoms with Crippen LogP contribution in [0.4, 0.5) is 0 Å².